The Morgan fingerprint density at radius 1 is 1.30 bits per heavy atom. The third-order valence-corrected chi connectivity index (χ3v) is 7.20. The Balaban J connectivity index is 1.43. The Kier molecular flexibility index (Phi) is 4.92. The summed E-state index contributed by atoms with van der Waals surface area (Å²) in [5.41, 5.74) is 1.57. The number of aromatic nitrogens is 2. The lowest BCUT2D eigenvalue weighted by atomic mass is 9.75. The van der Waals surface area contributed by atoms with Crippen LogP contribution in [0.5, 0.6) is 0 Å². The Hall–Kier alpha value is -2.21. The minimum atomic E-state index is -0.404. The van der Waals surface area contributed by atoms with Gasteiger partial charge in [-0.25, -0.2) is 9.37 Å². The van der Waals surface area contributed by atoms with Gasteiger partial charge >= 0.3 is 0 Å². The summed E-state index contributed by atoms with van der Waals surface area (Å²) < 4.78 is 15.8. The average molecular weight is 411 g/mol. The summed E-state index contributed by atoms with van der Waals surface area (Å²) >= 11 is 0. The second-order valence-electron chi connectivity index (χ2n) is 9.79. The molecule has 1 amide bonds. The van der Waals surface area contributed by atoms with Crippen LogP contribution in [0.3, 0.4) is 0 Å². The van der Waals surface area contributed by atoms with E-state index in [2.05, 4.69) is 34.4 Å². The zero-order valence-electron chi connectivity index (χ0n) is 17.9. The first kappa shape index (κ1) is 19.7. The van der Waals surface area contributed by atoms with Gasteiger partial charge in [-0.1, -0.05) is 12.1 Å². The summed E-state index contributed by atoms with van der Waals surface area (Å²) in [5, 5.41) is 0. The number of benzene rings is 1. The molecule has 2 aromatic rings. The number of rotatable bonds is 6. The van der Waals surface area contributed by atoms with Crippen molar-refractivity contribution in [3.8, 4) is 0 Å². The maximum Gasteiger partial charge on any atom is 0.230 e. The maximum absolute atomic E-state index is 13.7. The quantitative estimate of drug-likeness (QED) is 0.727. The molecule has 3 fully saturated rings. The number of nitrogens with zero attached hydrogens (tertiary/aromatic N) is 4. The highest BCUT2D eigenvalue weighted by molar-refractivity contribution is 5.87. The molecule has 0 unspecified atom stereocenters. The molecule has 5 nitrogen and oxygen atoms in total. The molecular weight excluding hydrogens is 379 g/mol. The largest absolute Gasteiger partial charge is 0.342 e. The molecular formula is C24H31FN4O. The van der Waals surface area contributed by atoms with Gasteiger partial charge in [-0.05, 0) is 56.7 Å². The molecule has 1 aromatic heterocycles. The number of halogens is 1. The Bertz CT molecular complexity index is 937. The van der Waals surface area contributed by atoms with Crippen molar-refractivity contribution in [2.75, 3.05) is 26.2 Å². The molecule has 2 saturated heterocycles. The number of imidazole rings is 1. The number of hydrogen-bond acceptors (Lipinski definition) is 3. The minimum Gasteiger partial charge on any atom is -0.342 e. The highest BCUT2D eigenvalue weighted by atomic mass is 19.1. The van der Waals surface area contributed by atoms with Crippen LogP contribution in [0.1, 0.15) is 56.3 Å². The normalized spacial score (nSPS) is 27.1. The minimum absolute atomic E-state index is 0.0859. The predicted octanol–water partition coefficient (Wildman–Crippen LogP) is 3.83. The van der Waals surface area contributed by atoms with E-state index in [0.29, 0.717) is 24.4 Å². The van der Waals surface area contributed by atoms with Gasteiger partial charge in [0.2, 0.25) is 5.91 Å². The summed E-state index contributed by atoms with van der Waals surface area (Å²) in [6.07, 6.45) is 7.41. The third kappa shape index (κ3) is 3.55. The second-order valence-corrected chi connectivity index (χ2v) is 9.79. The smallest absolute Gasteiger partial charge is 0.230 e. The van der Waals surface area contributed by atoms with Crippen LogP contribution < -0.4 is 0 Å². The SMILES string of the molecule is CC(C)n1cnc([C@H]2CN(Cc3cccc(F)c3)C[C@@]23CCN(CC2CC2)C3=O)c1. The molecule has 1 aromatic carbocycles. The number of carbonyl (C=O) groups excluding carboxylic acids is 1. The van der Waals surface area contributed by atoms with Crippen LogP contribution >= 0.6 is 0 Å². The zero-order chi connectivity index (χ0) is 20.9. The van der Waals surface area contributed by atoms with Crippen LogP contribution in [0.2, 0.25) is 0 Å². The molecule has 1 saturated carbocycles. The number of likely N-dealkylation sites (tertiary alicyclic amines) is 2. The lowest BCUT2D eigenvalue weighted by Crippen LogP contribution is -2.40. The van der Waals surface area contributed by atoms with Crippen molar-refractivity contribution < 1.29 is 9.18 Å². The lowest BCUT2D eigenvalue weighted by molar-refractivity contribution is -0.136. The topological polar surface area (TPSA) is 41.4 Å². The lowest BCUT2D eigenvalue weighted by Gasteiger charge is -2.28. The van der Waals surface area contributed by atoms with Crippen LogP contribution in [0.15, 0.2) is 36.8 Å². The van der Waals surface area contributed by atoms with E-state index >= 15 is 0 Å². The average Bonchev–Trinajstić information content (AvgIpc) is 3.13. The van der Waals surface area contributed by atoms with Crippen LogP contribution in [-0.2, 0) is 11.3 Å². The Labute approximate surface area is 177 Å². The molecule has 2 atom stereocenters. The van der Waals surface area contributed by atoms with Gasteiger partial charge in [0, 0.05) is 50.9 Å². The van der Waals surface area contributed by atoms with E-state index < -0.39 is 5.41 Å². The number of carbonyl (C=O) groups is 1. The molecule has 2 aliphatic heterocycles. The number of hydrogen-bond donors (Lipinski definition) is 0. The fraction of sp³-hybridized carbons (Fsp3) is 0.583. The zero-order valence-corrected chi connectivity index (χ0v) is 17.9. The van der Waals surface area contributed by atoms with Gasteiger partial charge in [-0.15, -0.1) is 0 Å². The molecule has 160 valence electrons. The van der Waals surface area contributed by atoms with E-state index in [0.717, 1.165) is 43.9 Å². The van der Waals surface area contributed by atoms with E-state index in [1.54, 1.807) is 12.1 Å². The van der Waals surface area contributed by atoms with E-state index in [4.69, 9.17) is 4.98 Å². The monoisotopic (exact) mass is 410 g/mol. The van der Waals surface area contributed by atoms with E-state index in [1.165, 1.54) is 18.9 Å². The molecule has 30 heavy (non-hydrogen) atoms. The van der Waals surface area contributed by atoms with Crippen molar-refractivity contribution in [1.29, 1.82) is 0 Å². The first-order chi connectivity index (χ1) is 14.4. The molecule has 0 bridgehead atoms. The highest BCUT2D eigenvalue weighted by Gasteiger charge is 2.58. The van der Waals surface area contributed by atoms with Crippen LogP contribution in [-0.4, -0.2) is 51.4 Å². The first-order valence-electron chi connectivity index (χ1n) is 11.2. The highest BCUT2D eigenvalue weighted by Crippen LogP contribution is 2.50. The molecule has 5 rings (SSSR count). The summed E-state index contributed by atoms with van der Waals surface area (Å²) in [5.74, 6) is 0.886. The third-order valence-electron chi connectivity index (χ3n) is 7.20. The summed E-state index contributed by atoms with van der Waals surface area (Å²) in [6, 6.07) is 7.15. The van der Waals surface area contributed by atoms with Gasteiger partial charge < -0.3 is 9.47 Å². The van der Waals surface area contributed by atoms with Crippen molar-refractivity contribution in [3.05, 3.63) is 53.9 Å². The van der Waals surface area contributed by atoms with Crippen molar-refractivity contribution in [2.24, 2.45) is 11.3 Å². The van der Waals surface area contributed by atoms with Gasteiger partial charge in [0.1, 0.15) is 5.82 Å². The molecule has 3 aliphatic rings. The molecule has 3 heterocycles. The molecule has 1 aliphatic carbocycles. The van der Waals surface area contributed by atoms with Crippen LogP contribution in [0.25, 0.3) is 0 Å². The molecule has 1 spiro atoms. The van der Waals surface area contributed by atoms with Gasteiger partial charge in [0.05, 0.1) is 17.4 Å². The second kappa shape index (κ2) is 7.49. The maximum atomic E-state index is 13.7. The van der Waals surface area contributed by atoms with Gasteiger partial charge in [0.15, 0.2) is 0 Å². The van der Waals surface area contributed by atoms with Gasteiger partial charge in [0.25, 0.3) is 0 Å². The van der Waals surface area contributed by atoms with Crippen LogP contribution in [0, 0.1) is 17.2 Å². The van der Waals surface area contributed by atoms with Crippen molar-refractivity contribution in [2.45, 2.75) is 51.6 Å². The Morgan fingerprint density at radius 3 is 2.83 bits per heavy atom. The van der Waals surface area contributed by atoms with E-state index in [9.17, 15) is 9.18 Å². The van der Waals surface area contributed by atoms with Crippen molar-refractivity contribution in [1.82, 2.24) is 19.4 Å². The summed E-state index contributed by atoms with van der Waals surface area (Å²) in [4.78, 5) is 22.8. The van der Waals surface area contributed by atoms with E-state index in [-0.39, 0.29) is 11.7 Å². The standard InChI is InChI=1S/C24H31FN4O/c1-17(2)29-14-22(26-16-29)21-13-27(11-19-4-3-5-20(25)10-19)15-24(21)8-9-28(23(24)30)12-18-6-7-18/h3-5,10,14,16-18,21H,6-9,11-13,15H2,1-2H3/t21-,24+/m1/s1. The molecule has 6 heteroatoms. The van der Waals surface area contributed by atoms with Gasteiger partial charge in [-0.3, -0.25) is 9.69 Å². The number of amides is 1. The van der Waals surface area contributed by atoms with E-state index in [1.807, 2.05) is 12.4 Å². The van der Waals surface area contributed by atoms with Crippen LogP contribution in [0.4, 0.5) is 4.39 Å². The predicted molar refractivity (Wildman–Crippen MR) is 113 cm³/mol. The molecule has 0 radical (unpaired) electrons. The fourth-order valence-corrected chi connectivity index (χ4v) is 5.33. The fourth-order valence-electron chi connectivity index (χ4n) is 5.33. The van der Waals surface area contributed by atoms with Crippen molar-refractivity contribution >= 4 is 5.91 Å². The summed E-state index contributed by atoms with van der Waals surface area (Å²) in [6.45, 7) is 8.23. The first-order valence-corrected chi connectivity index (χ1v) is 11.2. The van der Waals surface area contributed by atoms with Gasteiger partial charge in [-0.2, -0.15) is 0 Å². The van der Waals surface area contributed by atoms with Crippen molar-refractivity contribution in [3.63, 3.8) is 0 Å². The summed E-state index contributed by atoms with van der Waals surface area (Å²) in [7, 11) is 0. The molecule has 0 N–H and O–H groups in total. The Morgan fingerprint density at radius 2 is 2.13 bits per heavy atom.